The Hall–Kier alpha value is -3.17. The lowest BCUT2D eigenvalue weighted by Crippen LogP contribution is -2.46. The topological polar surface area (TPSA) is 56.8 Å². The number of anilines is 3. The number of aromatic nitrogens is 1. The Morgan fingerprint density at radius 2 is 1.94 bits per heavy atom. The zero-order chi connectivity index (χ0) is 24.5. The highest BCUT2D eigenvalue weighted by Gasteiger charge is 2.41. The molecule has 0 spiro atoms. The van der Waals surface area contributed by atoms with Crippen molar-refractivity contribution in [2.45, 2.75) is 45.3 Å². The number of pyridine rings is 1. The minimum atomic E-state index is -4.62. The largest absolute Gasteiger partial charge is 0.416 e. The Labute approximate surface area is 189 Å². The minimum Gasteiger partial charge on any atom is -0.371 e. The molecule has 1 aromatic heterocycles. The van der Waals surface area contributed by atoms with Gasteiger partial charge in [0.1, 0.15) is 17.7 Å². The van der Waals surface area contributed by atoms with Crippen LogP contribution in [0.2, 0.25) is 0 Å². The van der Waals surface area contributed by atoms with Crippen molar-refractivity contribution in [3.63, 3.8) is 0 Å². The number of hydrogen-bond acceptors (Lipinski definition) is 4. The lowest BCUT2D eigenvalue weighted by atomic mass is 10.1. The number of benzene rings is 1. The van der Waals surface area contributed by atoms with Crippen molar-refractivity contribution in [2.24, 2.45) is 0 Å². The smallest absolute Gasteiger partial charge is 0.371 e. The van der Waals surface area contributed by atoms with Crippen molar-refractivity contribution in [2.75, 3.05) is 35.3 Å². The summed E-state index contributed by atoms with van der Waals surface area (Å²) in [5.41, 5.74) is -0.326. The van der Waals surface area contributed by atoms with Crippen LogP contribution in [-0.2, 0) is 15.8 Å². The van der Waals surface area contributed by atoms with Gasteiger partial charge in [-0.05, 0) is 44.0 Å². The molecule has 1 unspecified atom stereocenters. The molecule has 1 aliphatic heterocycles. The summed E-state index contributed by atoms with van der Waals surface area (Å²) in [4.78, 5) is 34.1. The molecule has 1 atom stereocenters. The van der Waals surface area contributed by atoms with Gasteiger partial charge in [0.05, 0.1) is 16.9 Å². The van der Waals surface area contributed by atoms with Crippen LogP contribution < -0.4 is 14.7 Å². The van der Waals surface area contributed by atoms with Crippen LogP contribution in [0.4, 0.5) is 34.8 Å². The highest BCUT2D eigenvalue weighted by molar-refractivity contribution is 6.09. The number of carbonyl (C=O) groups is 2. The van der Waals surface area contributed by atoms with Crippen molar-refractivity contribution in [3.8, 4) is 0 Å². The van der Waals surface area contributed by atoms with E-state index in [0.29, 0.717) is 12.2 Å². The summed E-state index contributed by atoms with van der Waals surface area (Å²) in [7, 11) is 3.18. The first-order chi connectivity index (χ1) is 15.5. The third-order valence-corrected chi connectivity index (χ3v) is 5.61. The molecule has 0 N–H and O–H groups in total. The molecule has 1 saturated heterocycles. The summed E-state index contributed by atoms with van der Waals surface area (Å²) in [6, 6.07) is 4.98. The van der Waals surface area contributed by atoms with E-state index in [0.717, 1.165) is 23.5 Å². The standard InChI is InChI=1S/C23H26F4N4O2/c1-5-11-29(3)21-16(24)7-6-8-17(21)30(4)22(33)18-9-10-20(32)31(18)19-13-15(23(25,26)27)12-14(2)28-19/h6-8,12-13,18H,5,9-11H2,1-4H3. The molecule has 2 amide bonds. The van der Waals surface area contributed by atoms with Gasteiger partial charge in [0.25, 0.3) is 0 Å². The first kappa shape index (κ1) is 24.5. The van der Waals surface area contributed by atoms with Crippen molar-refractivity contribution < 1.29 is 27.2 Å². The van der Waals surface area contributed by atoms with Crippen LogP contribution >= 0.6 is 0 Å². The number of nitrogens with zero attached hydrogens (tertiary/aromatic N) is 4. The fourth-order valence-corrected chi connectivity index (χ4v) is 4.08. The second-order valence-electron chi connectivity index (χ2n) is 8.10. The number of carbonyl (C=O) groups excluding carboxylic acids is 2. The number of aryl methyl sites for hydroxylation is 1. The third-order valence-electron chi connectivity index (χ3n) is 5.61. The average Bonchev–Trinajstić information content (AvgIpc) is 3.12. The number of hydrogen-bond donors (Lipinski definition) is 0. The van der Waals surface area contributed by atoms with Crippen molar-refractivity contribution in [1.82, 2.24) is 4.98 Å². The fourth-order valence-electron chi connectivity index (χ4n) is 4.08. The second-order valence-corrected chi connectivity index (χ2v) is 8.10. The van der Waals surface area contributed by atoms with Crippen LogP contribution in [0.15, 0.2) is 30.3 Å². The number of halogens is 4. The van der Waals surface area contributed by atoms with Gasteiger partial charge in [0.2, 0.25) is 11.8 Å². The molecule has 6 nitrogen and oxygen atoms in total. The van der Waals surface area contributed by atoms with Crippen molar-refractivity contribution >= 4 is 29.0 Å². The van der Waals surface area contributed by atoms with Crippen molar-refractivity contribution in [1.29, 1.82) is 0 Å². The predicted octanol–water partition coefficient (Wildman–Crippen LogP) is 4.55. The molecule has 1 aliphatic rings. The van der Waals surface area contributed by atoms with Crippen LogP contribution in [0.3, 0.4) is 0 Å². The third kappa shape index (κ3) is 4.94. The van der Waals surface area contributed by atoms with Crippen molar-refractivity contribution in [3.05, 3.63) is 47.4 Å². The van der Waals surface area contributed by atoms with Gasteiger partial charge >= 0.3 is 6.18 Å². The van der Waals surface area contributed by atoms with E-state index in [-0.39, 0.29) is 30.0 Å². The molecule has 0 aliphatic carbocycles. The van der Waals surface area contributed by atoms with Crippen LogP contribution in [0.5, 0.6) is 0 Å². The Morgan fingerprint density at radius 3 is 2.58 bits per heavy atom. The molecule has 0 saturated carbocycles. The summed E-state index contributed by atoms with van der Waals surface area (Å²) in [5.74, 6) is -1.75. The summed E-state index contributed by atoms with van der Waals surface area (Å²) in [5, 5.41) is 0. The molecule has 10 heteroatoms. The molecule has 1 fully saturated rings. The Bertz CT molecular complexity index is 1060. The summed E-state index contributed by atoms with van der Waals surface area (Å²) in [6.45, 7) is 3.89. The van der Waals surface area contributed by atoms with E-state index >= 15 is 0 Å². The van der Waals surface area contributed by atoms with Gasteiger partial charge in [-0.1, -0.05) is 13.0 Å². The molecule has 33 heavy (non-hydrogen) atoms. The summed E-state index contributed by atoms with van der Waals surface area (Å²) < 4.78 is 54.6. The lowest BCUT2D eigenvalue weighted by molar-refractivity contribution is -0.137. The van der Waals surface area contributed by atoms with Gasteiger partial charge in [-0.3, -0.25) is 14.5 Å². The first-order valence-corrected chi connectivity index (χ1v) is 10.6. The molecule has 0 bridgehead atoms. The molecule has 2 heterocycles. The molecular weight excluding hydrogens is 440 g/mol. The summed E-state index contributed by atoms with van der Waals surface area (Å²) >= 11 is 0. The highest BCUT2D eigenvalue weighted by Crippen LogP contribution is 2.36. The quantitative estimate of drug-likeness (QED) is 0.586. The molecule has 1 aromatic carbocycles. The number of likely N-dealkylation sites (N-methyl/N-ethyl adjacent to an activating group) is 1. The van der Waals surface area contributed by atoms with Crippen LogP contribution in [-0.4, -0.2) is 43.5 Å². The van der Waals surface area contributed by atoms with E-state index < -0.39 is 35.4 Å². The molecule has 2 aromatic rings. The van der Waals surface area contributed by atoms with Gasteiger partial charge < -0.3 is 9.80 Å². The Kier molecular flexibility index (Phi) is 6.94. The van der Waals surface area contributed by atoms with Gasteiger partial charge in [-0.2, -0.15) is 13.2 Å². The Balaban J connectivity index is 1.99. The maximum atomic E-state index is 14.7. The van der Waals surface area contributed by atoms with E-state index in [4.69, 9.17) is 0 Å². The Morgan fingerprint density at radius 1 is 1.24 bits per heavy atom. The number of para-hydroxylation sites is 1. The lowest BCUT2D eigenvalue weighted by Gasteiger charge is -2.31. The highest BCUT2D eigenvalue weighted by atomic mass is 19.4. The van der Waals surface area contributed by atoms with Crippen LogP contribution in [0.1, 0.15) is 37.4 Å². The monoisotopic (exact) mass is 466 g/mol. The SMILES string of the molecule is CCCN(C)c1c(F)cccc1N(C)C(=O)C1CCC(=O)N1c1cc(C(F)(F)F)cc(C)n1. The first-order valence-electron chi connectivity index (χ1n) is 10.6. The van der Waals surface area contributed by atoms with Gasteiger partial charge in [-0.15, -0.1) is 0 Å². The number of rotatable bonds is 6. The maximum Gasteiger partial charge on any atom is 0.416 e. The molecule has 178 valence electrons. The zero-order valence-corrected chi connectivity index (χ0v) is 18.9. The average molecular weight is 466 g/mol. The zero-order valence-electron chi connectivity index (χ0n) is 18.9. The predicted molar refractivity (Wildman–Crippen MR) is 118 cm³/mol. The molecule has 0 radical (unpaired) electrons. The van der Waals surface area contributed by atoms with Gasteiger partial charge in [0.15, 0.2) is 0 Å². The normalized spacial score (nSPS) is 16.3. The fraction of sp³-hybridized carbons (Fsp3) is 0.435. The van der Waals surface area contributed by atoms with Crippen LogP contribution in [0, 0.1) is 12.7 Å². The van der Waals surface area contributed by atoms with Gasteiger partial charge in [0, 0.05) is 32.8 Å². The number of alkyl halides is 3. The number of amides is 2. The minimum absolute atomic E-state index is 0.00698. The molecule has 3 rings (SSSR count). The van der Waals surface area contributed by atoms with E-state index in [1.807, 2.05) is 6.92 Å². The van der Waals surface area contributed by atoms with E-state index in [1.54, 1.807) is 18.0 Å². The van der Waals surface area contributed by atoms with E-state index in [2.05, 4.69) is 4.98 Å². The molecular formula is C23H26F4N4O2. The van der Waals surface area contributed by atoms with E-state index in [1.165, 1.54) is 31.0 Å². The van der Waals surface area contributed by atoms with Crippen LogP contribution in [0.25, 0.3) is 0 Å². The second kappa shape index (κ2) is 9.36. The maximum absolute atomic E-state index is 14.7. The summed E-state index contributed by atoms with van der Waals surface area (Å²) in [6.07, 6.45) is -3.75. The van der Waals surface area contributed by atoms with E-state index in [9.17, 15) is 27.2 Å². The van der Waals surface area contributed by atoms with Gasteiger partial charge in [-0.25, -0.2) is 9.37 Å².